The van der Waals surface area contributed by atoms with E-state index in [-0.39, 0.29) is 5.41 Å². The van der Waals surface area contributed by atoms with Crippen molar-refractivity contribution < 1.29 is 0 Å². The van der Waals surface area contributed by atoms with Crippen LogP contribution < -0.4 is 0 Å². The quantitative estimate of drug-likeness (QED) is 0.602. The van der Waals surface area contributed by atoms with E-state index in [1.54, 1.807) is 0 Å². The summed E-state index contributed by atoms with van der Waals surface area (Å²) in [6, 6.07) is 10.8. The monoisotopic (exact) mass is 228 g/mol. The molecule has 0 aromatic heterocycles. The average Bonchev–Trinajstić information content (AvgIpc) is 2.30. The van der Waals surface area contributed by atoms with E-state index in [1.807, 2.05) is 0 Å². The zero-order valence-electron chi connectivity index (χ0n) is 11.5. The maximum Gasteiger partial charge on any atom is 0.0106 e. The lowest BCUT2D eigenvalue weighted by Crippen LogP contribution is -2.18. The smallest absolute Gasteiger partial charge is 0.0106 e. The largest absolute Gasteiger partial charge is 0.0908 e. The van der Waals surface area contributed by atoms with E-state index in [1.165, 1.54) is 11.1 Å². The number of rotatable bonds is 5. The highest BCUT2D eigenvalue weighted by Gasteiger charge is 2.21. The molecule has 0 aliphatic carbocycles. The summed E-state index contributed by atoms with van der Waals surface area (Å²) in [5, 5.41) is 0. The molecule has 0 spiro atoms. The standard InChI is InChI=1S/C17H24/c1-5-13-17(4,14-9-10-15(2)3)16-11-7-6-8-12-16/h5-8,10-13H,9,14H2,1-4H3/b13-5+/t17-/m0/s1. The molecule has 92 valence electrons. The van der Waals surface area contributed by atoms with E-state index >= 15 is 0 Å². The zero-order chi connectivity index (χ0) is 12.7. The minimum Gasteiger partial charge on any atom is -0.0908 e. The van der Waals surface area contributed by atoms with Gasteiger partial charge in [0.05, 0.1) is 0 Å². The van der Waals surface area contributed by atoms with Crippen LogP contribution in [0, 0.1) is 0 Å². The lowest BCUT2D eigenvalue weighted by molar-refractivity contribution is 0.544. The van der Waals surface area contributed by atoms with Gasteiger partial charge in [-0.05, 0) is 39.2 Å². The first kappa shape index (κ1) is 13.8. The Morgan fingerprint density at radius 2 is 1.82 bits per heavy atom. The molecule has 0 saturated carbocycles. The third-order valence-corrected chi connectivity index (χ3v) is 3.18. The molecule has 1 atom stereocenters. The summed E-state index contributed by atoms with van der Waals surface area (Å²) < 4.78 is 0. The lowest BCUT2D eigenvalue weighted by Gasteiger charge is -2.26. The van der Waals surface area contributed by atoms with Gasteiger partial charge in [0.25, 0.3) is 0 Å². The van der Waals surface area contributed by atoms with Crippen molar-refractivity contribution in [2.24, 2.45) is 0 Å². The molecule has 0 nitrogen and oxygen atoms in total. The van der Waals surface area contributed by atoms with Gasteiger partial charge >= 0.3 is 0 Å². The highest BCUT2D eigenvalue weighted by Crippen LogP contribution is 2.30. The molecular formula is C17H24. The van der Waals surface area contributed by atoms with Gasteiger partial charge in [0.1, 0.15) is 0 Å². The summed E-state index contributed by atoms with van der Waals surface area (Å²) in [7, 11) is 0. The molecule has 1 aromatic rings. The zero-order valence-corrected chi connectivity index (χ0v) is 11.5. The predicted octanol–water partition coefficient (Wildman–Crippen LogP) is 5.27. The topological polar surface area (TPSA) is 0 Å². The Labute approximate surface area is 106 Å². The molecule has 0 saturated heterocycles. The van der Waals surface area contributed by atoms with Crippen molar-refractivity contribution in [3.8, 4) is 0 Å². The molecule has 0 aliphatic rings. The molecule has 1 rings (SSSR count). The summed E-state index contributed by atoms with van der Waals surface area (Å²) >= 11 is 0. The maximum atomic E-state index is 2.32. The van der Waals surface area contributed by atoms with Gasteiger partial charge in [-0.25, -0.2) is 0 Å². The van der Waals surface area contributed by atoms with Crippen molar-refractivity contribution in [3.05, 3.63) is 59.7 Å². The molecule has 1 aromatic carbocycles. The lowest BCUT2D eigenvalue weighted by atomic mass is 9.78. The molecular weight excluding hydrogens is 204 g/mol. The molecule has 0 radical (unpaired) electrons. The van der Waals surface area contributed by atoms with Crippen molar-refractivity contribution in [2.75, 3.05) is 0 Å². The number of hydrogen-bond acceptors (Lipinski definition) is 0. The van der Waals surface area contributed by atoms with Crippen molar-refractivity contribution in [1.29, 1.82) is 0 Å². The van der Waals surface area contributed by atoms with Crippen LogP contribution in [0.1, 0.15) is 46.1 Å². The molecule has 0 fully saturated rings. The van der Waals surface area contributed by atoms with Gasteiger partial charge in [0.15, 0.2) is 0 Å². The van der Waals surface area contributed by atoms with Crippen LogP contribution in [0.3, 0.4) is 0 Å². The van der Waals surface area contributed by atoms with Crippen molar-refractivity contribution in [1.82, 2.24) is 0 Å². The third-order valence-electron chi connectivity index (χ3n) is 3.18. The predicted molar refractivity (Wildman–Crippen MR) is 77.3 cm³/mol. The van der Waals surface area contributed by atoms with Crippen LogP contribution in [0.2, 0.25) is 0 Å². The van der Waals surface area contributed by atoms with Gasteiger partial charge in [-0.3, -0.25) is 0 Å². The minimum absolute atomic E-state index is 0.155. The molecule has 0 unspecified atom stereocenters. The summed E-state index contributed by atoms with van der Waals surface area (Å²) in [6.45, 7) is 8.74. The Morgan fingerprint density at radius 1 is 1.18 bits per heavy atom. The number of hydrogen-bond donors (Lipinski definition) is 0. The van der Waals surface area contributed by atoms with Crippen LogP contribution in [0.5, 0.6) is 0 Å². The number of allylic oxidation sites excluding steroid dienone is 4. The summed E-state index contributed by atoms with van der Waals surface area (Å²) in [5.74, 6) is 0. The summed E-state index contributed by atoms with van der Waals surface area (Å²) in [6.07, 6.45) is 9.10. The first-order valence-electron chi connectivity index (χ1n) is 6.41. The van der Waals surface area contributed by atoms with Crippen LogP contribution in [-0.4, -0.2) is 0 Å². The van der Waals surface area contributed by atoms with E-state index < -0.39 is 0 Å². The molecule has 0 bridgehead atoms. The van der Waals surface area contributed by atoms with Crippen LogP contribution in [0.4, 0.5) is 0 Å². The number of benzene rings is 1. The van der Waals surface area contributed by atoms with Crippen LogP contribution in [-0.2, 0) is 5.41 Å². The van der Waals surface area contributed by atoms with Crippen LogP contribution in [0.25, 0.3) is 0 Å². The second-order valence-electron chi connectivity index (χ2n) is 5.10. The minimum atomic E-state index is 0.155. The second kappa shape index (κ2) is 6.44. The Hall–Kier alpha value is -1.30. The van der Waals surface area contributed by atoms with Gasteiger partial charge in [0.2, 0.25) is 0 Å². The highest BCUT2D eigenvalue weighted by atomic mass is 14.3. The van der Waals surface area contributed by atoms with Gasteiger partial charge in [-0.1, -0.05) is 61.1 Å². The van der Waals surface area contributed by atoms with E-state index in [0.717, 1.165) is 12.8 Å². The van der Waals surface area contributed by atoms with E-state index in [9.17, 15) is 0 Å². The summed E-state index contributed by atoms with van der Waals surface area (Å²) in [5.41, 5.74) is 2.96. The van der Waals surface area contributed by atoms with E-state index in [0.29, 0.717) is 0 Å². The van der Waals surface area contributed by atoms with Crippen molar-refractivity contribution in [3.63, 3.8) is 0 Å². The molecule has 0 heteroatoms. The van der Waals surface area contributed by atoms with Gasteiger partial charge in [-0.15, -0.1) is 0 Å². The SMILES string of the molecule is C/C=C/[C@@](C)(CCC=C(C)C)c1ccccc1. The Balaban J connectivity index is 2.87. The van der Waals surface area contributed by atoms with E-state index in [2.05, 4.69) is 76.3 Å². The van der Waals surface area contributed by atoms with Gasteiger partial charge in [0, 0.05) is 5.41 Å². The fraction of sp³-hybridized carbons (Fsp3) is 0.412. The molecule has 0 amide bonds. The van der Waals surface area contributed by atoms with Gasteiger partial charge in [-0.2, -0.15) is 0 Å². The Bertz CT molecular complexity index is 380. The molecule has 17 heavy (non-hydrogen) atoms. The molecule has 0 N–H and O–H groups in total. The normalized spacial score (nSPS) is 14.6. The van der Waals surface area contributed by atoms with Crippen LogP contribution >= 0.6 is 0 Å². The maximum absolute atomic E-state index is 2.32. The summed E-state index contributed by atoms with van der Waals surface area (Å²) in [4.78, 5) is 0. The average molecular weight is 228 g/mol. The van der Waals surface area contributed by atoms with Crippen LogP contribution in [0.15, 0.2) is 54.1 Å². The first-order chi connectivity index (χ1) is 8.08. The fourth-order valence-electron chi connectivity index (χ4n) is 2.17. The molecule has 0 aliphatic heterocycles. The first-order valence-corrected chi connectivity index (χ1v) is 6.41. The van der Waals surface area contributed by atoms with E-state index in [4.69, 9.17) is 0 Å². The van der Waals surface area contributed by atoms with Gasteiger partial charge < -0.3 is 0 Å². The fourth-order valence-corrected chi connectivity index (χ4v) is 2.17. The highest BCUT2D eigenvalue weighted by molar-refractivity contribution is 5.29. The van der Waals surface area contributed by atoms with Crippen molar-refractivity contribution in [2.45, 2.75) is 46.0 Å². The molecule has 0 heterocycles. The Kier molecular flexibility index (Phi) is 5.21. The Morgan fingerprint density at radius 3 is 2.35 bits per heavy atom. The third kappa shape index (κ3) is 4.22. The second-order valence-corrected chi connectivity index (χ2v) is 5.10. The van der Waals surface area contributed by atoms with Crippen molar-refractivity contribution >= 4 is 0 Å².